The van der Waals surface area contributed by atoms with Crippen LogP contribution in [0.5, 0.6) is 0 Å². The monoisotopic (exact) mass is 732 g/mol. The predicted octanol–water partition coefficient (Wildman–Crippen LogP) is 6.47. The first-order chi connectivity index (χ1) is 23.8. The number of esters is 2. The van der Waals surface area contributed by atoms with Crippen molar-refractivity contribution in [3.8, 4) is 0 Å². The summed E-state index contributed by atoms with van der Waals surface area (Å²) in [5.74, 6) is -0.846. The van der Waals surface area contributed by atoms with Crippen LogP contribution in [0.15, 0.2) is 36.4 Å². The van der Waals surface area contributed by atoms with Crippen molar-refractivity contribution in [1.29, 1.82) is 0 Å². The third-order valence-corrected chi connectivity index (χ3v) is 9.65. The summed E-state index contributed by atoms with van der Waals surface area (Å²) < 4.78 is 10.1. The molecule has 2 fully saturated rings. The van der Waals surface area contributed by atoms with Crippen LogP contribution in [-0.4, -0.2) is 66.3 Å². The molecule has 0 saturated heterocycles. The normalized spacial score (nSPS) is 20.1. The van der Waals surface area contributed by atoms with Crippen molar-refractivity contribution in [3.05, 3.63) is 88.0 Å². The van der Waals surface area contributed by atoms with Gasteiger partial charge < -0.3 is 19.7 Å². The van der Waals surface area contributed by atoms with E-state index in [1.807, 2.05) is 0 Å². The maximum atomic E-state index is 12.1. The third-order valence-electron chi connectivity index (χ3n) is 9.65. The number of rotatable bonds is 16. The molecule has 18 heteroatoms. The maximum Gasteiger partial charge on any atom is 0.338 e. The predicted molar refractivity (Wildman–Crippen MR) is 184 cm³/mol. The molecule has 2 aliphatic rings. The number of aliphatic hydroxyl groups is 2. The summed E-state index contributed by atoms with van der Waals surface area (Å²) in [6, 6.07) is 5.19. The average molecular weight is 733 g/mol. The molecule has 2 N–H and O–H groups in total. The van der Waals surface area contributed by atoms with Gasteiger partial charge in [-0.05, 0) is 75.0 Å². The van der Waals surface area contributed by atoms with Crippen molar-refractivity contribution < 1.29 is 49.0 Å². The number of nitrogens with zero attached hydrogens (tertiary/aromatic N) is 4. The van der Waals surface area contributed by atoms with E-state index in [0.717, 1.165) is 62.1 Å². The van der Waals surface area contributed by atoms with Gasteiger partial charge >= 0.3 is 11.9 Å². The fourth-order valence-corrected chi connectivity index (χ4v) is 5.71. The van der Waals surface area contributed by atoms with Gasteiger partial charge in [0.15, 0.2) is 0 Å². The fourth-order valence-electron chi connectivity index (χ4n) is 5.71. The molecule has 4 atom stereocenters. The van der Waals surface area contributed by atoms with Gasteiger partial charge in [0.05, 0.1) is 54.2 Å². The third kappa shape index (κ3) is 12.0. The lowest BCUT2D eigenvalue weighted by molar-refractivity contribution is -0.394. The second kappa shape index (κ2) is 15.6. The Morgan fingerprint density at radius 2 is 0.885 bits per heavy atom. The van der Waals surface area contributed by atoms with Crippen LogP contribution in [0.25, 0.3) is 0 Å². The summed E-state index contributed by atoms with van der Waals surface area (Å²) in [5, 5.41) is 64.2. The number of carbonyl (C=O) groups is 2. The summed E-state index contributed by atoms with van der Waals surface area (Å²) in [4.78, 5) is 64.4. The molecule has 0 amide bonds. The molecule has 0 unspecified atom stereocenters. The number of nitro groups is 4. The van der Waals surface area contributed by atoms with E-state index < -0.39 is 65.6 Å². The Morgan fingerprint density at radius 3 is 1.10 bits per heavy atom. The van der Waals surface area contributed by atoms with Crippen LogP contribution >= 0.6 is 0 Å². The lowest BCUT2D eigenvalue weighted by Crippen LogP contribution is -2.32. The van der Waals surface area contributed by atoms with E-state index in [9.17, 15) is 60.3 Å². The van der Waals surface area contributed by atoms with Gasteiger partial charge in [0, 0.05) is 24.3 Å². The first kappa shape index (κ1) is 41.3. The zero-order chi connectivity index (χ0) is 39.4. The van der Waals surface area contributed by atoms with E-state index >= 15 is 0 Å². The van der Waals surface area contributed by atoms with E-state index in [1.165, 1.54) is 0 Å². The van der Waals surface area contributed by atoms with Crippen LogP contribution < -0.4 is 0 Å². The van der Waals surface area contributed by atoms with E-state index in [-0.39, 0.29) is 35.2 Å². The molecule has 0 aromatic heterocycles. The smallest absolute Gasteiger partial charge is 0.338 e. The van der Waals surface area contributed by atoms with Gasteiger partial charge in [0.25, 0.3) is 22.7 Å². The molecule has 52 heavy (non-hydrogen) atoms. The molecule has 0 radical (unpaired) electrons. The van der Waals surface area contributed by atoms with Crippen LogP contribution in [0.2, 0.25) is 0 Å². The Balaban J connectivity index is 0.000000280. The summed E-state index contributed by atoms with van der Waals surface area (Å²) in [6.07, 6.45) is 4.70. The average Bonchev–Trinajstić information content (AvgIpc) is 3.90. The van der Waals surface area contributed by atoms with E-state index in [4.69, 9.17) is 9.47 Å². The van der Waals surface area contributed by atoms with Gasteiger partial charge in [-0.15, -0.1) is 0 Å². The highest BCUT2D eigenvalue weighted by molar-refractivity contribution is 5.91. The van der Waals surface area contributed by atoms with Crippen molar-refractivity contribution in [2.45, 2.75) is 91.3 Å². The van der Waals surface area contributed by atoms with Gasteiger partial charge in [-0.2, -0.15) is 0 Å². The summed E-state index contributed by atoms with van der Waals surface area (Å²) >= 11 is 0. The van der Waals surface area contributed by atoms with Gasteiger partial charge in [0.1, 0.15) is 13.2 Å². The van der Waals surface area contributed by atoms with Gasteiger partial charge in [-0.25, -0.2) is 9.59 Å². The van der Waals surface area contributed by atoms with E-state index in [2.05, 4.69) is 27.7 Å². The number of benzene rings is 2. The van der Waals surface area contributed by atoms with Crippen molar-refractivity contribution in [3.63, 3.8) is 0 Å². The second-order valence-corrected chi connectivity index (χ2v) is 15.5. The zero-order valence-electron chi connectivity index (χ0n) is 29.9. The minimum atomic E-state index is -1.24. The van der Waals surface area contributed by atoms with Gasteiger partial charge in [-0.3, -0.25) is 40.5 Å². The number of hydrogen-bond donors (Lipinski definition) is 2. The molecule has 18 nitrogen and oxygen atoms in total. The Kier molecular flexibility index (Phi) is 12.4. The molecular formula is C34H44N4O14. The highest BCUT2D eigenvalue weighted by atomic mass is 16.6. The molecule has 0 heterocycles. The Bertz CT molecular complexity index is 1550. The standard InChI is InChI=1S/2C17H22N2O7/c2*1-16(2)9-12(16)4-5-17(3,21)10-26-15(20)11-6-13(18(22)23)8-14(7-11)19(24)25/h2*6-8,12,21H,4-5,9-10H2,1-3H3/t2*12-,17+/m00/s1. The SMILES string of the molecule is CC1(C)C[C@@H]1CC[C@@](C)(O)COC(=O)c1cc([N+](=O)[O-])cc([N+](=O)[O-])c1.CC1(C)C[C@@H]1CC[C@@](C)(O)COC(=O)c1cc([N+](=O)[O-])cc([N+](=O)[O-])c1. The molecule has 284 valence electrons. The summed E-state index contributed by atoms with van der Waals surface area (Å²) in [6.45, 7) is 11.1. The van der Waals surface area contributed by atoms with Crippen LogP contribution in [0.3, 0.4) is 0 Å². The van der Waals surface area contributed by atoms with Crippen molar-refractivity contribution >= 4 is 34.7 Å². The first-order valence-electron chi connectivity index (χ1n) is 16.5. The molecule has 2 aromatic rings. The highest BCUT2D eigenvalue weighted by Gasteiger charge is 2.46. The Labute approximate surface area is 298 Å². The molecule has 2 saturated carbocycles. The number of nitro benzene ring substituents is 4. The summed E-state index contributed by atoms with van der Waals surface area (Å²) in [7, 11) is 0. The minimum absolute atomic E-state index is 0.286. The largest absolute Gasteiger partial charge is 0.459 e. The molecular weight excluding hydrogens is 688 g/mol. The quantitative estimate of drug-likeness (QED) is 0.106. The van der Waals surface area contributed by atoms with Crippen LogP contribution in [-0.2, 0) is 9.47 Å². The van der Waals surface area contributed by atoms with Gasteiger partial charge in [-0.1, -0.05) is 27.7 Å². The van der Waals surface area contributed by atoms with Crippen LogP contribution in [0, 0.1) is 63.1 Å². The van der Waals surface area contributed by atoms with Crippen LogP contribution in [0.1, 0.15) is 101 Å². The number of non-ortho nitro benzene ring substituents is 4. The molecule has 2 aliphatic carbocycles. The van der Waals surface area contributed by atoms with E-state index in [0.29, 0.717) is 24.7 Å². The highest BCUT2D eigenvalue weighted by Crippen LogP contribution is 2.55. The van der Waals surface area contributed by atoms with Crippen molar-refractivity contribution in [2.24, 2.45) is 22.7 Å². The second-order valence-electron chi connectivity index (χ2n) is 15.5. The number of hydrogen-bond acceptors (Lipinski definition) is 14. The topological polar surface area (TPSA) is 266 Å². The lowest BCUT2D eigenvalue weighted by Gasteiger charge is -2.23. The number of ether oxygens (including phenoxy) is 2. The molecule has 2 aromatic carbocycles. The zero-order valence-corrected chi connectivity index (χ0v) is 29.9. The minimum Gasteiger partial charge on any atom is -0.459 e. The van der Waals surface area contributed by atoms with Crippen molar-refractivity contribution in [2.75, 3.05) is 13.2 Å². The molecule has 4 rings (SSSR count). The molecule has 0 bridgehead atoms. The Hall–Kier alpha value is -5.10. The lowest BCUT2D eigenvalue weighted by atomic mass is 9.97. The maximum absolute atomic E-state index is 12.1. The first-order valence-corrected chi connectivity index (χ1v) is 16.5. The molecule has 0 aliphatic heterocycles. The van der Waals surface area contributed by atoms with Gasteiger partial charge in [0.2, 0.25) is 0 Å². The van der Waals surface area contributed by atoms with Crippen molar-refractivity contribution in [1.82, 2.24) is 0 Å². The molecule has 0 spiro atoms. The van der Waals surface area contributed by atoms with E-state index in [1.54, 1.807) is 13.8 Å². The van der Waals surface area contributed by atoms with Crippen LogP contribution in [0.4, 0.5) is 22.7 Å². The fraction of sp³-hybridized carbons (Fsp3) is 0.588. The number of carbonyl (C=O) groups excluding carboxylic acids is 2. The summed E-state index contributed by atoms with van der Waals surface area (Å²) in [5.41, 5.74) is -4.80. The Morgan fingerprint density at radius 1 is 0.635 bits per heavy atom.